The number of carbonyl (C=O) groups is 4. The van der Waals surface area contributed by atoms with Crippen LogP contribution in [0.5, 0.6) is 5.75 Å². The van der Waals surface area contributed by atoms with Crippen LogP contribution in [0.3, 0.4) is 0 Å². The lowest BCUT2D eigenvalue weighted by atomic mass is 10.0. The number of rotatable bonds is 9. The number of nitrogens with two attached hydrogens (primary N) is 1. The summed E-state index contributed by atoms with van der Waals surface area (Å²) in [5, 5.41) is 15.4. The van der Waals surface area contributed by atoms with Crippen molar-refractivity contribution in [1.82, 2.24) is 15.5 Å². The maximum absolute atomic E-state index is 12.8. The first-order valence-corrected chi connectivity index (χ1v) is 10.5. The number of hydrogen-bond donors (Lipinski definition) is 4. The third-order valence-electron chi connectivity index (χ3n) is 5.49. The van der Waals surface area contributed by atoms with E-state index in [9.17, 15) is 24.3 Å². The summed E-state index contributed by atoms with van der Waals surface area (Å²) in [4.78, 5) is 49.6. The van der Waals surface area contributed by atoms with Crippen LogP contribution in [0, 0.1) is 5.92 Å². The molecule has 0 bridgehead atoms. The SMILES string of the molecule is COc1ccc(CNCC2=CCC(C(N)=O)C(=O)N(CC(=O)NC3CC(=O)OC3O)C2)cc1. The Morgan fingerprint density at radius 3 is 2.58 bits per heavy atom. The van der Waals surface area contributed by atoms with Gasteiger partial charge in [-0.25, -0.2) is 0 Å². The molecule has 11 nitrogen and oxygen atoms in total. The largest absolute Gasteiger partial charge is 0.497 e. The molecule has 5 N–H and O–H groups in total. The van der Waals surface area contributed by atoms with Crippen molar-refractivity contribution in [2.24, 2.45) is 11.7 Å². The van der Waals surface area contributed by atoms with E-state index in [1.807, 2.05) is 24.3 Å². The molecule has 3 amide bonds. The number of aliphatic hydroxyl groups is 1. The van der Waals surface area contributed by atoms with Gasteiger partial charge >= 0.3 is 5.97 Å². The maximum atomic E-state index is 12.8. The van der Waals surface area contributed by atoms with Gasteiger partial charge in [0.15, 0.2) is 0 Å². The average molecular weight is 460 g/mol. The Hall–Kier alpha value is -3.44. The summed E-state index contributed by atoms with van der Waals surface area (Å²) in [5.41, 5.74) is 7.27. The number of methoxy groups -OCH3 is 1. The number of hydrogen-bond acceptors (Lipinski definition) is 8. The van der Waals surface area contributed by atoms with Crippen LogP contribution in [0.4, 0.5) is 0 Å². The molecule has 2 heterocycles. The first-order chi connectivity index (χ1) is 15.8. The molecule has 0 aliphatic carbocycles. The Bertz CT molecular complexity index is 931. The summed E-state index contributed by atoms with van der Waals surface area (Å²) in [5.74, 6) is -2.82. The second-order valence-electron chi connectivity index (χ2n) is 7.96. The average Bonchev–Trinajstić information content (AvgIpc) is 2.99. The van der Waals surface area contributed by atoms with Gasteiger partial charge in [-0.3, -0.25) is 19.2 Å². The number of allylic oxidation sites excluding steroid dienone is 1. The Morgan fingerprint density at radius 2 is 1.97 bits per heavy atom. The first-order valence-electron chi connectivity index (χ1n) is 10.5. The van der Waals surface area contributed by atoms with Crippen molar-refractivity contribution in [2.45, 2.75) is 31.7 Å². The van der Waals surface area contributed by atoms with Crippen LogP contribution in [0.1, 0.15) is 18.4 Å². The molecule has 2 aliphatic rings. The summed E-state index contributed by atoms with van der Waals surface area (Å²) in [6, 6.07) is 6.70. The zero-order valence-electron chi connectivity index (χ0n) is 18.3. The summed E-state index contributed by atoms with van der Waals surface area (Å²) in [6.45, 7) is 0.791. The van der Waals surface area contributed by atoms with E-state index in [2.05, 4.69) is 15.4 Å². The topological polar surface area (TPSA) is 160 Å². The van der Waals surface area contributed by atoms with E-state index in [1.54, 1.807) is 13.2 Å². The van der Waals surface area contributed by atoms with Gasteiger partial charge < -0.3 is 35.8 Å². The van der Waals surface area contributed by atoms with E-state index in [4.69, 9.17) is 10.5 Å². The van der Waals surface area contributed by atoms with Gasteiger partial charge in [-0.05, 0) is 29.7 Å². The van der Waals surface area contributed by atoms with Crippen LogP contribution in [-0.4, -0.2) is 72.8 Å². The summed E-state index contributed by atoms with van der Waals surface area (Å²) in [7, 11) is 1.60. The van der Waals surface area contributed by atoms with E-state index in [0.717, 1.165) is 16.9 Å². The minimum atomic E-state index is -1.43. The van der Waals surface area contributed by atoms with Gasteiger partial charge in [-0.15, -0.1) is 0 Å². The molecule has 178 valence electrons. The van der Waals surface area contributed by atoms with Crippen molar-refractivity contribution in [2.75, 3.05) is 26.7 Å². The molecular weight excluding hydrogens is 432 g/mol. The Morgan fingerprint density at radius 1 is 1.24 bits per heavy atom. The number of nitrogens with zero attached hydrogens (tertiary/aromatic N) is 1. The molecule has 1 aromatic rings. The Kier molecular flexibility index (Phi) is 8.01. The molecule has 11 heteroatoms. The van der Waals surface area contributed by atoms with Gasteiger partial charge in [-0.1, -0.05) is 18.2 Å². The third kappa shape index (κ3) is 6.53. The second kappa shape index (κ2) is 10.9. The van der Waals surface area contributed by atoms with Gasteiger partial charge in [0.2, 0.25) is 24.0 Å². The minimum Gasteiger partial charge on any atom is -0.497 e. The highest BCUT2D eigenvalue weighted by Gasteiger charge is 2.36. The van der Waals surface area contributed by atoms with Gasteiger partial charge in [0.05, 0.1) is 20.1 Å². The van der Waals surface area contributed by atoms with Crippen molar-refractivity contribution in [3.8, 4) is 5.75 Å². The molecule has 1 fully saturated rings. The van der Waals surface area contributed by atoms with Gasteiger partial charge in [-0.2, -0.15) is 0 Å². The molecule has 3 unspecified atom stereocenters. The smallest absolute Gasteiger partial charge is 0.310 e. The maximum Gasteiger partial charge on any atom is 0.310 e. The molecule has 0 spiro atoms. The number of nitrogens with one attached hydrogen (secondary N) is 2. The first kappa shape index (κ1) is 24.2. The fourth-order valence-corrected chi connectivity index (χ4v) is 3.70. The van der Waals surface area contributed by atoms with E-state index < -0.39 is 41.9 Å². The lowest BCUT2D eigenvalue weighted by Gasteiger charge is -2.25. The van der Waals surface area contributed by atoms with Crippen molar-refractivity contribution >= 4 is 23.7 Å². The molecule has 3 rings (SSSR count). The number of ether oxygens (including phenoxy) is 2. The van der Waals surface area contributed by atoms with E-state index in [1.165, 1.54) is 4.90 Å². The molecular formula is C22H28N4O7. The third-order valence-corrected chi connectivity index (χ3v) is 5.49. The van der Waals surface area contributed by atoms with Crippen molar-refractivity contribution in [1.29, 1.82) is 0 Å². The standard InChI is InChI=1S/C22H28N4O7/c1-32-15-5-2-13(3-6-15)9-24-10-14-4-7-16(20(23)29)21(30)26(11-14)12-18(27)25-17-8-19(28)33-22(17)31/h2-6,16-17,22,24,31H,7-12H2,1H3,(H2,23,29)(H,25,27). The van der Waals surface area contributed by atoms with E-state index in [0.29, 0.717) is 13.1 Å². The number of cyclic esters (lactones) is 1. The minimum absolute atomic E-state index is 0.133. The van der Waals surface area contributed by atoms with Crippen LogP contribution >= 0.6 is 0 Å². The highest BCUT2D eigenvalue weighted by molar-refractivity contribution is 6.01. The lowest BCUT2D eigenvalue weighted by Crippen LogP contribution is -2.49. The summed E-state index contributed by atoms with van der Waals surface area (Å²) < 4.78 is 9.74. The van der Waals surface area contributed by atoms with Gasteiger partial charge in [0.25, 0.3) is 0 Å². The predicted octanol–water partition coefficient (Wildman–Crippen LogP) is -1.20. The van der Waals surface area contributed by atoms with Crippen LogP contribution in [-0.2, 0) is 30.5 Å². The molecule has 3 atom stereocenters. The lowest BCUT2D eigenvalue weighted by molar-refractivity contribution is -0.155. The van der Waals surface area contributed by atoms with Crippen molar-refractivity contribution in [3.63, 3.8) is 0 Å². The van der Waals surface area contributed by atoms with Crippen LogP contribution in [0.15, 0.2) is 35.9 Å². The number of amides is 3. The van der Waals surface area contributed by atoms with Gasteiger partial charge in [0.1, 0.15) is 17.7 Å². The summed E-state index contributed by atoms with van der Waals surface area (Å²) >= 11 is 0. The number of primary amides is 1. The zero-order valence-corrected chi connectivity index (χ0v) is 18.3. The molecule has 0 radical (unpaired) electrons. The number of benzene rings is 1. The fourth-order valence-electron chi connectivity index (χ4n) is 3.70. The van der Waals surface area contributed by atoms with Crippen molar-refractivity contribution in [3.05, 3.63) is 41.5 Å². The Labute approximate surface area is 190 Å². The fraction of sp³-hybridized carbons (Fsp3) is 0.455. The Balaban J connectivity index is 1.60. The normalized spacial score (nSPS) is 22.9. The predicted molar refractivity (Wildman–Crippen MR) is 115 cm³/mol. The molecule has 2 aliphatic heterocycles. The second-order valence-corrected chi connectivity index (χ2v) is 7.96. The van der Waals surface area contributed by atoms with Crippen molar-refractivity contribution < 1.29 is 33.8 Å². The highest BCUT2D eigenvalue weighted by Crippen LogP contribution is 2.18. The molecule has 1 aromatic carbocycles. The number of carbonyl (C=O) groups excluding carboxylic acids is 4. The van der Waals surface area contributed by atoms with Gasteiger partial charge in [0, 0.05) is 19.6 Å². The van der Waals surface area contributed by atoms with Crippen LogP contribution in [0.25, 0.3) is 0 Å². The van der Waals surface area contributed by atoms with Crippen LogP contribution < -0.4 is 21.1 Å². The zero-order chi connectivity index (χ0) is 24.0. The van der Waals surface area contributed by atoms with E-state index in [-0.39, 0.29) is 25.9 Å². The number of esters is 1. The van der Waals surface area contributed by atoms with Crippen LogP contribution in [0.2, 0.25) is 0 Å². The quantitative estimate of drug-likeness (QED) is 0.203. The summed E-state index contributed by atoms with van der Waals surface area (Å²) in [6.07, 6.45) is 0.345. The number of aliphatic hydroxyl groups excluding tert-OH is 1. The monoisotopic (exact) mass is 460 g/mol. The molecule has 0 aromatic heterocycles. The van der Waals surface area contributed by atoms with E-state index >= 15 is 0 Å². The highest BCUT2D eigenvalue weighted by atomic mass is 16.6. The molecule has 1 saturated heterocycles. The molecule has 33 heavy (non-hydrogen) atoms. The molecule has 0 saturated carbocycles.